The molecule has 1 N–H and O–H groups in total. The van der Waals surface area contributed by atoms with Crippen molar-refractivity contribution in [1.29, 1.82) is 0 Å². The number of amides is 1. The number of nitrogens with zero attached hydrogens (tertiary/aromatic N) is 2. The largest absolute Gasteiger partial charge is 0.490 e. The summed E-state index contributed by atoms with van der Waals surface area (Å²) >= 11 is 0. The van der Waals surface area contributed by atoms with Gasteiger partial charge in [0.1, 0.15) is 0 Å². The van der Waals surface area contributed by atoms with Gasteiger partial charge in [-0.2, -0.15) is 13.2 Å². The molecule has 4 rings (SSSR count). The average Bonchev–Trinajstić information content (AvgIpc) is 3.30. The summed E-state index contributed by atoms with van der Waals surface area (Å²) in [5, 5.41) is 7.12. The number of fused-ring (bicyclic) bond motifs is 1. The van der Waals surface area contributed by atoms with Gasteiger partial charge in [0.05, 0.1) is 25.4 Å². The molecule has 1 aliphatic carbocycles. The molecule has 10 heteroatoms. The van der Waals surface area contributed by atoms with Crippen LogP contribution in [0.3, 0.4) is 0 Å². The van der Waals surface area contributed by atoms with Gasteiger partial charge < -0.3 is 19.5 Å². The van der Waals surface area contributed by atoms with Gasteiger partial charge in [-0.25, -0.2) is 4.79 Å². The molecule has 2 aliphatic heterocycles. The first-order valence-corrected chi connectivity index (χ1v) is 9.77. The second kappa shape index (κ2) is 8.89. The van der Waals surface area contributed by atoms with E-state index in [1.54, 1.807) is 12.4 Å². The molecule has 3 heterocycles. The fourth-order valence-electron chi connectivity index (χ4n) is 3.76. The van der Waals surface area contributed by atoms with Crippen molar-refractivity contribution in [1.82, 2.24) is 9.88 Å². The van der Waals surface area contributed by atoms with Gasteiger partial charge in [0, 0.05) is 43.4 Å². The van der Waals surface area contributed by atoms with E-state index in [4.69, 9.17) is 19.4 Å². The van der Waals surface area contributed by atoms with E-state index in [0.717, 1.165) is 37.8 Å². The van der Waals surface area contributed by atoms with Crippen LogP contribution in [0.5, 0.6) is 0 Å². The zero-order chi connectivity index (χ0) is 21.9. The Morgan fingerprint density at radius 1 is 1.37 bits per heavy atom. The van der Waals surface area contributed by atoms with Crippen molar-refractivity contribution in [2.45, 2.75) is 25.9 Å². The lowest BCUT2D eigenvalue weighted by molar-refractivity contribution is -0.192. The molecular formula is C20H25F3N2O5. The molecule has 166 valence electrons. The summed E-state index contributed by atoms with van der Waals surface area (Å²) in [4.78, 5) is 27.8. The van der Waals surface area contributed by atoms with Crippen LogP contribution in [0.1, 0.15) is 28.8 Å². The third-order valence-corrected chi connectivity index (χ3v) is 5.61. The van der Waals surface area contributed by atoms with E-state index >= 15 is 0 Å². The van der Waals surface area contributed by atoms with Gasteiger partial charge in [0.25, 0.3) is 5.91 Å². The van der Waals surface area contributed by atoms with Crippen LogP contribution in [0.25, 0.3) is 0 Å². The number of carbonyl (C=O) groups is 2. The highest BCUT2D eigenvalue weighted by Gasteiger charge is 2.52. The summed E-state index contributed by atoms with van der Waals surface area (Å²) < 4.78 is 43.4. The number of hydrogen-bond acceptors (Lipinski definition) is 5. The molecule has 1 aromatic rings. The number of pyridine rings is 1. The predicted molar refractivity (Wildman–Crippen MR) is 98.9 cm³/mol. The highest BCUT2D eigenvalue weighted by molar-refractivity contribution is 5.94. The van der Waals surface area contributed by atoms with Gasteiger partial charge in [-0.3, -0.25) is 9.78 Å². The molecule has 0 spiro atoms. The number of likely N-dealkylation sites (tertiary alicyclic amines) is 1. The van der Waals surface area contributed by atoms with Crippen molar-refractivity contribution in [3.63, 3.8) is 0 Å². The minimum atomic E-state index is -5.08. The lowest BCUT2D eigenvalue weighted by atomic mass is 9.82. The van der Waals surface area contributed by atoms with Gasteiger partial charge in [-0.1, -0.05) is 0 Å². The Morgan fingerprint density at radius 3 is 2.67 bits per heavy atom. The molecule has 1 saturated carbocycles. The molecule has 1 amide bonds. The molecule has 2 saturated heterocycles. The van der Waals surface area contributed by atoms with Crippen LogP contribution in [0.15, 0.2) is 18.5 Å². The third-order valence-electron chi connectivity index (χ3n) is 5.61. The Kier molecular flexibility index (Phi) is 6.66. The number of ether oxygens (including phenoxy) is 2. The Morgan fingerprint density at radius 2 is 2.07 bits per heavy atom. The van der Waals surface area contributed by atoms with E-state index in [9.17, 15) is 18.0 Å². The van der Waals surface area contributed by atoms with E-state index in [1.807, 2.05) is 17.9 Å². The molecule has 7 nitrogen and oxygen atoms in total. The van der Waals surface area contributed by atoms with Crippen LogP contribution < -0.4 is 0 Å². The molecule has 0 radical (unpaired) electrons. The van der Waals surface area contributed by atoms with Crippen molar-refractivity contribution in [3.05, 3.63) is 29.6 Å². The van der Waals surface area contributed by atoms with Crippen molar-refractivity contribution in [2.75, 3.05) is 39.5 Å². The van der Waals surface area contributed by atoms with E-state index in [-0.39, 0.29) is 11.3 Å². The summed E-state index contributed by atoms with van der Waals surface area (Å²) in [5.74, 6) is -1.52. The summed E-state index contributed by atoms with van der Waals surface area (Å²) in [7, 11) is 0. The Labute approximate surface area is 172 Å². The van der Waals surface area contributed by atoms with Gasteiger partial charge in [-0.05, 0) is 37.3 Å². The zero-order valence-electron chi connectivity index (χ0n) is 16.7. The highest BCUT2D eigenvalue weighted by Crippen LogP contribution is 2.42. The maximum atomic E-state index is 12.8. The topological polar surface area (TPSA) is 89.0 Å². The second-order valence-electron chi connectivity index (χ2n) is 8.27. The first-order valence-electron chi connectivity index (χ1n) is 9.77. The normalized spacial score (nSPS) is 25.5. The smallest absolute Gasteiger partial charge is 0.475 e. The van der Waals surface area contributed by atoms with Gasteiger partial charge in [-0.15, -0.1) is 0 Å². The number of halogens is 3. The Bertz CT molecular complexity index is 784. The quantitative estimate of drug-likeness (QED) is 0.772. The fraction of sp³-hybridized carbons (Fsp3) is 0.650. The minimum absolute atomic E-state index is 0.0121. The lowest BCUT2D eigenvalue weighted by Crippen LogP contribution is -2.37. The number of carboxylic acids is 1. The number of alkyl halides is 3. The van der Waals surface area contributed by atoms with Crippen molar-refractivity contribution in [3.8, 4) is 0 Å². The number of aromatic nitrogens is 1. The van der Waals surface area contributed by atoms with Crippen LogP contribution in [0.4, 0.5) is 13.2 Å². The van der Waals surface area contributed by atoms with Gasteiger partial charge in [0.2, 0.25) is 0 Å². The summed E-state index contributed by atoms with van der Waals surface area (Å²) in [6.45, 7) is 6.48. The molecule has 3 fully saturated rings. The first kappa shape index (κ1) is 22.5. The fourth-order valence-corrected chi connectivity index (χ4v) is 3.76. The minimum Gasteiger partial charge on any atom is -0.475 e. The number of aryl methyl sites for hydroxylation is 1. The molecule has 0 bridgehead atoms. The summed E-state index contributed by atoms with van der Waals surface area (Å²) in [6.07, 6.45) is 0.961. The average molecular weight is 430 g/mol. The van der Waals surface area contributed by atoms with Gasteiger partial charge in [0.15, 0.2) is 0 Å². The molecule has 0 aromatic carbocycles. The maximum absolute atomic E-state index is 12.8. The molecule has 3 aliphatic rings. The van der Waals surface area contributed by atoms with Crippen molar-refractivity contribution in [2.24, 2.45) is 17.3 Å². The van der Waals surface area contributed by atoms with Crippen molar-refractivity contribution >= 4 is 11.9 Å². The Balaban J connectivity index is 0.000000318. The molecule has 1 aromatic heterocycles. The standard InChI is InChI=1S/C18H24N2O3.C2HF3O2/c1-13-4-15(6-19-5-13)17(21)20-7-16-9-23-12-18(16,10-20)11-22-8-14-2-3-14;3-2(4,5)1(6)7/h4-6,14,16H,2-3,7-12H2,1H3;(H,6,7)/t16-,18-;/m1./s1. The second-order valence-corrected chi connectivity index (χ2v) is 8.27. The van der Waals surface area contributed by atoms with Crippen LogP contribution in [0, 0.1) is 24.2 Å². The SMILES string of the molecule is Cc1cncc(C(=O)N2C[C@@H]3COC[C@]3(COCC3CC3)C2)c1.O=C(O)C(F)(F)F. The Hall–Kier alpha value is -2.20. The van der Waals surface area contributed by atoms with Crippen LogP contribution in [-0.2, 0) is 14.3 Å². The number of hydrogen-bond donors (Lipinski definition) is 1. The molecule has 0 unspecified atom stereocenters. The predicted octanol–water partition coefficient (Wildman–Crippen LogP) is 2.54. The maximum Gasteiger partial charge on any atom is 0.490 e. The molecule has 2 atom stereocenters. The van der Waals surface area contributed by atoms with E-state index < -0.39 is 12.1 Å². The number of carboxylic acid groups (broad SMARTS) is 1. The summed E-state index contributed by atoms with van der Waals surface area (Å²) in [5.41, 5.74) is 1.68. The highest BCUT2D eigenvalue weighted by atomic mass is 19.4. The molecule has 30 heavy (non-hydrogen) atoms. The van der Waals surface area contributed by atoms with E-state index in [0.29, 0.717) is 24.7 Å². The van der Waals surface area contributed by atoms with E-state index in [2.05, 4.69) is 4.98 Å². The first-order chi connectivity index (χ1) is 14.1. The molecular weight excluding hydrogens is 405 g/mol. The monoisotopic (exact) mass is 430 g/mol. The zero-order valence-corrected chi connectivity index (χ0v) is 16.7. The van der Waals surface area contributed by atoms with Crippen LogP contribution >= 0.6 is 0 Å². The third kappa shape index (κ3) is 5.48. The lowest BCUT2D eigenvalue weighted by Gasteiger charge is -2.27. The summed E-state index contributed by atoms with van der Waals surface area (Å²) in [6, 6.07) is 1.91. The van der Waals surface area contributed by atoms with Crippen LogP contribution in [-0.4, -0.2) is 72.6 Å². The number of aliphatic carboxylic acids is 1. The van der Waals surface area contributed by atoms with Crippen molar-refractivity contribution < 1.29 is 37.3 Å². The van der Waals surface area contributed by atoms with Crippen LogP contribution in [0.2, 0.25) is 0 Å². The number of carbonyl (C=O) groups excluding carboxylic acids is 1. The van der Waals surface area contributed by atoms with E-state index in [1.165, 1.54) is 12.8 Å². The van der Waals surface area contributed by atoms with Gasteiger partial charge >= 0.3 is 12.1 Å². The number of rotatable bonds is 5.